The van der Waals surface area contributed by atoms with Crippen LogP contribution in [-0.4, -0.2) is 38.1 Å². The number of amidine groups is 1. The molecule has 1 aromatic carbocycles. The molecule has 2 aromatic rings. The molecule has 0 spiro atoms. The van der Waals surface area contributed by atoms with Crippen molar-refractivity contribution in [3.63, 3.8) is 0 Å². The summed E-state index contributed by atoms with van der Waals surface area (Å²) in [5.41, 5.74) is 2.41. The number of carbonyl (C=O) groups is 1. The van der Waals surface area contributed by atoms with Gasteiger partial charge < -0.3 is 5.32 Å². The van der Waals surface area contributed by atoms with Gasteiger partial charge in [-0.3, -0.25) is 24.6 Å². The monoisotopic (exact) mass is 359 g/mol. The lowest BCUT2D eigenvalue weighted by atomic mass is 10.1. The van der Waals surface area contributed by atoms with Gasteiger partial charge in [-0.1, -0.05) is 23.9 Å². The fourth-order valence-corrected chi connectivity index (χ4v) is 3.34. The number of benzene rings is 1. The van der Waals surface area contributed by atoms with Crippen molar-refractivity contribution in [2.45, 2.75) is 20.4 Å². The molecule has 0 aliphatic carbocycles. The van der Waals surface area contributed by atoms with Crippen molar-refractivity contribution in [3.05, 3.63) is 56.9 Å². The number of hydrogen-bond acceptors (Lipinski definition) is 6. The zero-order chi connectivity index (χ0) is 18.0. The van der Waals surface area contributed by atoms with Gasteiger partial charge in [-0.05, 0) is 31.5 Å². The van der Waals surface area contributed by atoms with Crippen LogP contribution < -0.4 is 5.32 Å². The number of aryl methyl sites for hydroxylation is 1. The summed E-state index contributed by atoms with van der Waals surface area (Å²) < 4.78 is 1.60. The van der Waals surface area contributed by atoms with Gasteiger partial charge >= 0.3 is 5.69 Å². The van der Waals surface area contributed by atoms with Gasteiger partial charge in [0, 0.05) is 11.3 Å². The van der Waals surface area contributed by atoms with Crippen LogP contribution in [0.1, 0.15) is 27.3 Å². The summed E-state index contributed by atoms with van der Waals surface area (Å²) in [5.74, 6) is 0.699. The average Bonchev–Trinajstić information content (AvgIpc) is 3.16. The van der Waals surface area contributed by atoms with E-state index in [4.69, 9.17) is 0 Å². The van der Waals surface area contributed by atoms with Crippen LogP contribution in [0.4, 0.5) is 5.69 Å². The van der Waals surface area contributed by atoms with Crippen molar-refractivity contribution < 1.29 is 9.72 Å². The van der Waals surface area contributed by atoms with Crippen LogP contribution in [0.15, 0.2) is 29.3 Å². The van der Waals surface area contributed by atoms with Crippen LogP contribution in [-0.2, 0) is 6.54 Å². The number of rotatable bonds is 4. The van der Waals surface area contributed by atoms with Crippen molar-refractivity contribution >= 4 is 28.5 Å². The number of aromatic nitrogens is 2. The molecule has 1 N–H and O–H groups in total. The third-order valence-electron chi connectivity index (χ3n) is 3.88. The molecule has 0 saturated heterocycles. The van der Waals surface area contributed by atoms with Crippen LogP contribution in [0, 0.1) is 24.0 Å². The Balaban J connectivity index is 1.72. The Morgan fingerprint density at radius 2 is 2.08 bits per heavy atom. The molecule has 0 atom stereocenters. The van der Waals surface area contributed by atoms with E-state index in [-0.39, 0.29) is 11.6 Å². The predicted octanol–water partition coefficient (Wildman–Crippen LogP) is 2.29. The summed E-state index contributed by atoms with van der Waals surface area (Å²) in [6.07, 6.45) is 0. The van der Waals surface area contributed by atoms with E-state index in [1.54, 1.807) is 30.7 Å². The molecular weight excluding hydrogens is 342 g/mol. The third kappa shape index (κ3) is 3.71. The first kappa shape index (κ1) is 17.2. The number of aliphatic imine (C=N–C) groups is 1. The molecule has 130 valence electrons. The maximum Gasteiger partial charge on any atom is 0.312 e. The van der Waals surface area contributed by atoms with E-state index in [2.05, 4.69) is 15.4 Å². The van der Waals surface area contributed by atoms with Crippen LogP contribution in [0.5, 0.6) is 0 Å². The third-order valence-corrected chi connectivity index (χ3v) is 4.77. The zero-order valence-electron chi connectivity index (χ0n) is 13.9. The molecule has 1 amide bonds. The van der Waals surface area contributed by atoms with Gasteiger partial charge in [-0.25, -0.2) is 0 Å². The SMILES string of the molecule is Cc1nn(Cc2ccc(C(=O)NC3=NCCS3)cc2)c(C)c1[N+](=O)[O-]. The van der Waals surface area contributed by atoms with E-state index in [0.29, 0.717) is 28.7 Å². The first-order valence-corrected chi connectivity index (χ1v) is 8.70. The van der Waals surface area contributed by atoms with Gasteiger partial charge in [0.25, 0.3) is 5.91 Å². The molecule has 3 rings (SSSR count). The van der Waals surface area contributed by atoms with Gasteiger partial charge in [0.2, 0.25) is 0 Å². The minimum absolute atomic E-state index is 0.0471. The highest BCUT2D eigenvalue weighted by Crippen LogP contribution is 2.22. The number of carbonyl (C=O) groups excluding carboxylic acids is 1. The van der Waals surface area contributed by atoms with Crippen LogP contribution in [0.3, 0.4) is 0 Å². The number of thioether (sulfide) groups is 1. The molecular formula is C16H17N5O3S. The molecule has 0 radical (unpaired) electrons. The lowest BCUT2D eigenvalue weighted by Crippen LogP contribution is -2.27. The Bertz CT molecular complexity index is 857. The van der Waals surface area contributed by atoms with E-state index >= 15 is 0 Å². The van der Waals surface area contributed by atoms with Crippen LogP contribution >= 0.6 is 11.8 Å². The Labute approximate surface area is 148 Å². The van der Waals surface area contributed by atoms with E-state index in [0.717, 1.165) is 17.9 Å². The second-order valence-corrected chi connectivity index (χ2v) is 6.70. The fourth-order valence-electron chi connectivity index (χ4n) is 2.62. The van der Waals surface area contributed by atoms with Gasteiger partial charge in [0.05, 0.1) is 18.0 Å². The fraction of sp³-hybridized carbons (Fsp3) is 0.312. The minimum Gasteiger partial charge on any atom is -0.301 e. The minimum atomic E-state index is -0.411. The van der Waals surface area contributed by atoms with Crippen molar-refractivity contribution in [1.82, 2.24) is 15.1 Å². The quantitative estimate of drug-likeness (QED) is 0.666. The van der Waals surface area contributed by atoms with Gasteiger partial charge in [-0.15, -0.1) is 0 Å². The van der Waals surface area contributed by atoms with Gasteiger partial charge in [-0.2, -0.15) is 5.10 Å². The lowest BCUT2D eigenvalue weighted by molar-refractivity contribution is -0.386. The summed E-state index contributed by atoms with van der Waals surface area (Å²) in [6, 6.07) is 7.09. The summed E-state index contributed by atoms with van der Waals surface area (Å²) in [7, 11) is 0. The van der Waals surface area contributed by atoms with Crippen molar-refractivity contribution in [2.24, 2.45) is 4.99 Å². The number of nitro groups is 1. The van der Waals surface area contributed by atoms with Crippen molar-refractivity contribution in [2.75, 3.05) is 12.3 Å². The summed E-state index contributed by atoms with van der Waals surface area (Å²) in [6.45, 7) is 4.44. The first-order valence-electron chi connectivity index (χ1n) is 7.71. The lowest BCUT2D eigenvalue weighted by Gasteiger charge is -2.07. The molecule has 0 unspecified atom stereocenters. The summed E-state index contributed by atoms with van der Waals surface area (Å²) in [4.78, 5) is 27.0. The second kappa shape index (κ2) is 7.06. The molecule has 1 aliphatic heterocycles. The number of amides is 1. The normalized spacial score (nSPS) is 13.6. The van der Waals surface area contributed by atoms with Crippen LogP contribution in [0.2, 0.25) is 0 Å². The molecule has 1 aliphatic rings. The highest BCUT2D eigenvalue weighted by molar-refractivity contribution is 8.14. The average molecular weight is 359 g/mol. The predicted molar refractivity (Wildman–Crippen MR) is 96.1 cm³/mol. The van der Waals surface area contributed by atoms with Gasteiger partial charge in [0.15, 0.2) is 5.17 Å². The topological polar surface area (TPSA) is 102 Å². The van der Waals surface area contributed by atoms with Crippen molar-refractivity contribution in [1.29, 1.82) is 0 Å². The van der Waals surface area contributed by atoms with E-state index in [1.165, 1.54) is 11.8 Å². The largest absolute Gasteiger partial charge is 0.312 e. The molecule has 2 heterocycles. The Hall–Kier alpha value is -2.68. The molecule has 1 aromatic heterocycles. The van der Waals surface area contributed by atoms with Crippen molar-refractivity contribution in [3.8, 4) is 0 Å². The zero-order valence-corrected chi connectivity index (χ0v) is 14.7. The molecule has 9 heteroatoms. The standard InChI is InChI=1S/C16H17N5O3S/c1-10-14(21(23)24)11(2)20(19-10)9-12-3-5-13(6-4-12)15(22)18-16-17-7-8-25-16/h3-6H,7-9H2,1-2H3,(H,17,18,22). The Morgan fingerprint density at radius 1 is 1.36 bits per heavy atom. The molecule has 0 saturated carbocycles. The molecule has 0 fully saturated rings. The number of nitrogens with one attached hydrogen (secondary N) is 1. The number of hydrogen-bond donors (Lipinski definition) is 1. The van der Waals surface area contributed by atoms with Crippen LogP contribution in [0.25, 0.3) is 0 Å². The summed E-state index contributed by atoms with van der Waals surface area (Å²) in [5, 5.41) is 18.7. The highest BCUT2D eigenvalue weighted by atomic mass is 32.2. The maximum absolute atomic E-state index is 12.1. The van der Waals surface area contributed by atoms with Gasteiger partial charge in [0.1, 0.15) is 11.4 Å². The first-order chi connectivity index (χ1) is 12.0. The van der Waals surface area contributed by atoms with E-state index in [1.807, 2.05) is 12.1 Å². The summed E-state index contributed by atoms with van der Waals surface area (Å²) >= 11 is 1.53. The second-order valence-electron chi connectivity index (χ2n) is 5.62. The Morgan fingerprint density at radius 3 is 2.64 bits per heavy atom. The van der Waals surface area contributed by atoms with E-state index in [9.17, 15) is 14.9 Å². The van der Waals surface area contributed by atoms with E-state index < -0.39 is 4.92 Å². The Kier molecular flexibility index (Phi) is 4.84. The molecule has 8 nitrogen and oxygen atoms in total. The molecule has 0 bridgehead atoms. The highest BCUT2D eigenvalue weighted by Gasteiger charge is 2.21. The maximum atomic E-state index is 12.1. The smallest absolute Gasteiger partial charge is 0.301 e. The number of nitrogens with zero attached hydrogens (tertiary/aromatic N) is 4. The molecule has 25 heavy (non-hydrogen) atoms.